The minimum Gasteiger partial charge on any atom is -0.480 e. The Labute approximate surface area is 104 Å². The molecule has 3 N–H and O–H groups in total. The molecule has 0 bridgehead atoms. The highest BCUT2D eigenvalue weighted by Gasteiger charge is 2.26. The lowest BCUT2D eigenvalue weighted by atomic mass is 10.0. The van der Waals surface area contributed by atoms with Crippen molar-refractivity contribution in [1.29, 1.82) is 0 Å². The number of carboxylic acid groups (broad SMARTS) is 1. The average molecular weight is 273 g/mol. The lowest BCUT2D eigenvalue weighted by Gasteiger charge is -2.07. The summed E-state index contributed by atoms with van der Waals surface area (Å²) in [6, 6.07) is -0.474. The highest BCUT2D eigenvalue weighted by atomic mass is 19.1. The fourth-order valence-electron chi connectivity index (χ4n) is 1.39. The Morgan fingerprint density at radius 3 is 2.26 bits per heavy atom. The first-order valence-electron chi connectivity index (χ1n) is 4.83. The number of rotatable bonds is 5. The first-order valence-corrected chi connectivity index (χ1v) is 4.83. The quantitative estimate of drug-likeness (QED) is 0.588. The summed E-state index contributed by atoms with van der Waals surface area (Å²) < 4.78 is 13.3. The van der Waals surface area contributed by atoms with Crippen molar-refractivity contribution < 1.29 is 24.1 Å². The van der Waals surface area contributed by atoms with E-state index in [0.29, 0.717) is 12.1 Å². The first-order chi connectivity index (χ1) is 8.73. The molecule has 0 fully saturated rings. The number of nitrogens with zero attached hydrogens (tertiary/aromatic N) is 2. The van der Waals surface area contributed by atoms with Crippen molar-refractivity contribution in [2.24, 2.45) is 5.73 Å². The van der Waals surface area contributed by atoms with Gasteiger partial charge in [-0.15, -0.1) is 0 Å². The van der Waals surface area contributed by atoms with E-state index in [0.717, 1.165) is 0 Å². The van der Waals surface area contributed by atoms with E-state index in [-0.39, 0.29) is 5.56 Å². The van der Waals surface area contributed by atoms with Gasteiger partial charge in [-0.3, -0.25) is 25.0 Å². The molecule has 0 aliphatic heterocycles. The number of halogens is 1. The Morgan fingerprint density at radius 2 is 1.84 bits per heavy atom. The van der Waals surface area contributed by atoms with Crippen LogP contribution in [0.1, 0.15) is 5.56 Å². The highest BCUT2D eigenvalue weighted by Crippen LogP contribution is 2.28. The molecule has 0 aliphatic rings. The van der Waals surface area contributed by atoms with Gasteiger partial charge in [0.1, 0.15) is 6.04 Å². The van der Waals surface area contributed by atoms with Crippen LogP contribution in [0.3, 0.4) is 0 Å². The van der Waals surface area contributed by atoms with Crippen molar-refractivity contribution in [2.45, 2.75) is 12.5 Å². The van der Waals surface area contributed by atoms with E-state index in [2.05, 4.69) is 0 Å². The summed E-state index contributed by atoms with van der Waals surface area (Å²) in [7, 11) is 0. The second kappa shape index (κ2) is 5.35. The number of nitro groups is 2. The molecule has 0 radical (unpaired) electrons. The Bertz CT molecular complexity index is 561. The minimum atomic E-state index is -1.47. The van der Waals surface area contributed by atoms with Gasteiger partial charge in [-0.25, -0.2) is 0 Å². The van der Waals surface area contributed by atoms with Crippen LogP contribution in [0, 0.1) is 26.0 Å². The molecule has 0 saturated carbocycles. The van der Waals surface area contributed by atoms with Gasteiger partial charge in [0.2, 0.25) is 5.82 Å². The lowest BCUT2D eigenvalue weighted by Crippen LogP contribution is -2.32. The summed E-state index contributed by atoms with van der Waals surface area (Å²) in [6.07, 6.45) is -0.513. The third-order valence-electron chi connectivity index (χ3n) is 2.30. The van der Waals surface area contributed by atoms with Crippen LogP contribution < -0.4 is 5.73 Å². The fourth-order valence-corrected chi connectivity index (χ4v) is 1.39. The number of aliphatic carboxylic acids is 1. The molecule has 19 heavy (non-hydrogen) atoms. The van der Waals surface area contributed by atoms with Crippen LogP contribution in [0.25, 0.3) is 0 Å². The summed E-state index contributed by atoms with van der Waals surface area (Å²) in [6.45, 7) is 0. The summed E-state index contributed by atoms with van der Waals surface area (Å²) in [4.78, 5) is 29.7. The smallest absolute Gasteiger partial charge is 0.320 e. The number of hydrogen-bond donors (Lipinski definition) is 2. The molecule has 1 atom stereocenters. The molecule has 0 amide bonds. The first kappa shape index (κ1) is 14.4. The normalized spacial score (nSPS) is 11.9. The fraction of sp³-hybridized carbons (Fsp3) is 0.222. The number of carboxylic acids is 1. The van der Waals surface area contributed by atoms with E-state index in [1.54, 1.807) is 0 Å². The van der Waals surface area contributed by atoms with E-state index in [1.807, 2.05) is 0 Å². The molecule has 1 rings (SSSR count). The number of carbonyl (C=O) groups is 1. The molecule has 0 heterocycles. The molecular formula is C9H8FN3O6. The highest BCUT2D eigenvalue weighted by molar-refractivity contribution is 5.74. The zero-order valence-corrected chi connectivity index (χ0v) is 9.28. The Morgan fingerprint density at radius 1 is 1.32 bits per heavy atom. The Kier molecular flexibility index (Phi) is 4.07. The lowest BCUT2D eigenvalue weighted by molar-refractivity contribution is -0.396. The third kappa shape index (κ3) is 3.19. The monoisotopic (exact) mass is 273 g/mol. The minimum absolute atomic E-state index is 0.317. The second-order valence-corrected chi connectivity index (χ2v) is 3.60. The second-order valence-electron chi connectivity index (χ2n) is 3.60. The van der Waals surface area contributed by atoms with Gasteiger partial charge in [0, 0.05) is 12.0 Å². The van der Waals surface area contributed by atoms with Gasteiger partial charge in [0.05, 0.1) is 15.9 Å². The molecule has 0 aromatic heterocycles. The van der Waals surface area contributed by atoms with Gasteiger partial charge in [-0.1, -0.05) is 0 Å². The van der Waals surface area contributed by atoms with Gasteiger partial charge in [0.15, 0.2) is 0 Å². The van der Waals surface area contributed by atoms with Crippen molar-refractivity contribution in [3.63, 3.8) is 0 Å². The third-order valence-corrected chi connectivity index (χ3v) is 2.30. The largest absolute Gasteiger partial charge is 0.480 e. The van der Waals surface area contributed by atoms with Crippen molar-refractivity contribution in [1.82, 2.24) is 0 Å². The summed E-state index contributed by atoms with van der Waals surface area (Å²) in [5, 5.41) is 29.8. The zero-order valence-electron chi connectivity index (χ0n) is 9.28. The number of benzene rings is 1. The maximum Gasteiger partial charge on any atom is 0.320 e. The maximum absolute atomic E-state index is 13.3. The van der Waals surface area contributed by atoms with Crippen molar-refractivity contribution >= 4 is 17.3 Å². The number of nitrogens with two attached hydrogens (primary N) is 1. The molecule has 1 aromatic rings. The van der Waals surface area contributed by atoms with Crippen molar-refractivity contribution in [3.05, 3.63) is 43.7 Å². The number of hydrogen-bond acceptors (Lipinski definition) is 6. The summed E-state index contributed by atoms with van der Waals surface area (Å²) in [5.41, 5.74) is 3.07. The van der Waals surface area contributed by atoms with Gasteiger partial charge < -0.3 is 10.8 Å². The molecule has 0 aliphatic carbocycles. The van der Waals surface area contributed by atoms with Crippen LogP contribution in [0.2, 0.25) is 0 Å². The molecule has 10 heteroatoms. The van der Waals surface area contributed by atoms with Gasteiger partial charge in [-0.05, 0) is 6.07 Å². The topological polar surface area (TPSA) is 150 Å². The molecule has 0 saturated heterocycles. The SMILES string of the molecule is NC(Cc1cc(F)c([N+](=O)[O-])cc1[N+](=O)[O-])C(=O)O. The van der Waals surface area contributed by atoms with Gasteiger partial charge >= 0.3 is 11.7 Å². The van der Waals surface area contributed by atoms with Crippen LogP contribution in [0.4, 0.5) is 15.8 Å². The van der Waals surface area contributed by atoms with E-state index in [1.165, 1.54) is 0 Å². The average Bonchev–Trinajstić information content (AvgIpc) is 2.27. The predicted molar refractivity (Wildman–Crippen MR) is 59.0 cm³/mol. The standard InChI is InChI=1S/C9H8FN3O6/c10-5-1-4(2-6(11)9(14)15)7(12(16)17)3-8(5)13(18)19/h1,3,6H,2,11H2,(H,14,15). The molecular weight excluding hydrogens is 265 g/mol. The van der Waals surface area contributed by atoms with Gasteiger partial charge in [0.25, 0.3) is 5.69 Å². The predicted octanol–water partition coefficient (Wildman–Crippen LogP) is 0.596. The van der Waals surface area contributed by atoms with E-state index < -0.39 is 45.5 Å². The zero-order chi connectivity index (χ0) is 14.7. The Hall–Kier alpha value is -2.62. The molecule has 1 aromatic carbocycles. The van der Waals surface area contributed by atoms with Crippen LogP contribution in [0.15, 0.2) is 12.1 Å². The van der Waals surface area contributed by atoms with Gasteiger partial charge in [-0.2, -0.15) is 4.39 Å². The van der Waals surface area contributed by atoms with E-state index >= 15 is 0 Å². The van der Waals surface area contributed by atoms with E-state index in [9.17, 15) is 29.4 Å². The molecule has 0 spiro atoms. The molecule has 102 valence electrons. The number of nitro benzene ring substituents is 2. The molecule has 1 unspecified atom stereocenters. The van der Waals surface area contributed by atoms with Crippen LogP contribution in [-0.2, 0) is 11.2 Å². The Balaban J connectivity index is 3.31. The summed E-state index contributed by atoms with van der Waals surface area (Å²) >= 11 is 0. The maximum atomic E-state index is 13.3. The van der Waals surface area contributed by atoms with E-state index in [4.69, 9.17) is 10.8 Å². The van der Waals surface area contributed by atoms with Crippen LogP contribution in [0.5, 0.6) is 0 Å². The van der Waals surface area contributed by atoms with Crippen LogP contribution >= 0.6 is 0 Å². The van der Waals surface area contributed by atoms with Crippen LogP contribution in [-0.4, -0.2) is 27.0 Å². The van der Waals surface area contributed by atoms with Crippen molar-refractivity contribution in [3.8, 4) is 0 Å². The summed E-state index contributed by atoms with van der Waals surface area (Å²) in [5.74, 6) is -2.71. The molecule has 9 nitrogen and oxygen atoms in total. The van der Waals surface area contributed by atoms with Crippen molar-refractivity contribution in [2.75, 3.05) is 0 Å².